The van der Waals surface area contributed by atoms with Gasteiger partial charge in [0, 0.05) is 56.7 Å². The number of rotatable bonds is 14. The van der Waals surface area contributed by atoms with Crippen molar-refractivity contribution in [1.29, 1.82) is 21.6 Å². The summed E-state index contributed by atoms with van der Waals surface area (Å²) in [4.78, 5) is 27.6. The van der Waals surface area contributed by atoms with Crippen LogP contribution in [0.15, 0.2) is 75.0 Å². The first kappa shape index (κ1) is 41.9. The molecule has 0 atom stereocenters. The van der Waals surface area contributed by atoms with Crippen molar-refractivity contribution in [3.63, 3.8) is 0 Å². The zero-order valence-corrected chi connectivity index (χ0v) is 31.3. The van der Waals surface area contributed by atoms with E-state index in [1.807, 2.05) is 0 Å². The lowest BCUT2D eigenvalue weighted by Crippen LogP contribution is -2.27. The number of nitrogens with two attached hydrogens (primary N) is 4. The van der Waals surface area contributed by atoms with E-state index in [-0.39, 0.29) is 35.0 Å². The Bertz CT molecular complexity index is 1900. The van der Waals surface area contributed by atoms with Gasteiger partial charge in [-0.1, -0.05) is 11.9 Å². The molecule has 22 heteroatoms. The van der Waals surface area contributed by atoms with E-state index in [0.717, 1.165) is 0 Å². The van der Waals surface area contributed by atoms with Crippen molar-refractivity contribution in [3.05, 3.63) is 88.0 Å². The Morgan fingerprint density at radius 1 is 0.473 bits per heavy atom. The molecule has 3 aromatic rings. The van der Waals surface area contributed by atoms with Crippen LogP contribution in [0.25, 0.3) is 0 Å². The number of nitrogens with one attached hydrogen (secondary N) is 11. The number of benzene rings is 3. The molecule has 0 saturated heterocycles. The Labute approximate surface area is 320 Å². The number of nitrogens with zero attached hydrogens (tertiary/aromatic N) is 4. The van der Waals surface area contributed by atoms with Gasteiger partial charge < -0.3 is 38.3 Å². The highest BCUT2D eigenvalue weighted by Gasteiger charge is 2.17. The van der Waals surface area contributed by atoms with E-state index >= 15 is 0 Å². The molecule has 0 fully saturated rings. The van der Waals surface area contributed by atoms with Crippen LogP contribution in [0.1, 0.15) is 70.7 Å². The van der Waals surface area contributed by atoms with E-state index in [1.165, 1.54) is 18.0 Å². The standard InChI is InChI=1S/C33H43N19O2S/c1-15(44-48-30(34)35)19-6-20(16(2)45-49-31(36)37)10-25(9-19)42-28(53)23-8-24(14-27(13-23)52-55-5)29(54)43-26-11-21(17(3)46-50-32(38)39)7-22(12-26)18(4)47-51-33(40)41/h6-14,52H,1-5H3,(H,42,53)(H,43,54)(H4,34,35,48)(H4,36,37,49)(H4,38,39,50)(H4,40,41,51)/b44-15-,45-16-,46-17-,47-18+. The normalized spacial score (nSPS) is 11.9. The second-order valence-corrected chi connectivity index (χ2v) is 12.1. The molecule has 0 aliphatic rings. The maximum atomic E-state index is 13.8. The molecule has 0 aliphatic carbocycles. The van der Waals surface area contributed by atoms with Crippen LogP contribution in [0.5, 0.6) is 0 Å². The lowest BCUT2D eigenvalue weighted by Gasteiger charge is -2.14. The molecule has 288 valence electrons. The number of anilines is 3. The second kappa shape index (κ2) is 19.4. The summed E-state index contributed by atoms with van der Waals surface area (Å²) in [5, 5.41) is 51.8. The van der Waals surface area contributed by atoms with Gasteiger partial charge in [-0.25, -0.2) is 21.7 Å². The van der Waals surface area contributed by atoms with Gasteiger partial charge >= 0.3 is 0 Å². The Morgan fingerprint density at radius 3 is 0.982 bits per heavy atom. The van der Waals surface area contributed by atoms with Crippen molar-refractivity contribution in [2.45, 2.75) is 27.7 Å². The fraction of sp³-hybridized carbons (Fsp3) is 0.152. The van der Waals surface area contributed by atoms with Gasteiger partial charge in [0.25, 0.3) is 11.8 Å². The van der Waals surface area contributed by atoms with Crippen LogP contribution in [0.2, 0.25) is 0 Å². The number of hydrogen-bond acceptors (Lipinski definition) is 12. The van der Waals surface area contributed by atoms with Crippen molar-refractivity contribution in [2.75, 3.05) is 21.6 Å². The van der Waals surface area contributed by atoms with E-state index in [1.54, 1.807) is 82.5 Å². The van der Waals surface area contributed by atoms with Crippen LogP contribution in [-0.4, -0.2) is 64.8 Å². The van der Waals surface area contributed by atoms with Gasteiger partial charge in [-0.3, -0.25) is 31.2 Å². The summed E-state index contributed by atoms with van der Waals surface area (Å²) in [5.41, 5.74) is 36.5. The summed E-state index contributed by atoms with van der Waals surface area (Å²) < 4.78 is 3.07. The molecule has 21 nitrogen and oxygen atoms in total. The molecular formula is C33H43N19O2S. The molecule has 0 heterocycles. The number of hydrogen-bond donors (Lipinski definition) is 15. The molecular weight excluding hydrogens is 727 g/mol. The van der Waals surface area contributed by atoms with E-state index in [9.17, 15) is 9.59 Å². The number of carbonyl (C=O) groups is 2. The minimum Gasteiger partial charge on any atom is -0.369 e. The van der Waals surface area contributed by atoms with Gasteiger partial charge in [-0.15, -0.1) is 0 Å². The van der Waals surface area contributed by atoms with Crippen LogP contribution in [0.4, 0.5) is 17.1 Å². The third-order valence-corrected chi connectivity index (χ3v) is 7.55. The first-order valence-corrected chi connectivity index (χ1v) is 17.1. The Morgan fingerprint density at radius 2 is 0.727 bits per heavy atom. The maximum Gasteiger partial charge on any atom is 0.255 e. The molecule has 3 rings (SSSR count). The minimum atomic E-state index is -0.547. The van der Waals surface area contributed by atoms with Crippen molar-refractivity contribution < 1.29 is 9.59 Å². The van der Waals surface area contributed by atoms with Gasteiger partial charge in [-0.05, 0) is 82.3 Å². The minimum absolute atomic E-state index is 0.148. The van der Waals surface area contributed by atoms with E-state index < -0.39 is 11.8 Å². The Balaban J connectivity index is 2.05. The third kappa shape index (κ3) is 13.2. The molecule has 3 aromatic carbocycles. The number of carbonyl (C=O) groups excluding carboxylic acids is 2. The SMILES string of the molecule is CSNc1cc(C(=O)Nc2cc(/C(C)=N\NC(=N)N)cc(/C(C)=N\NC(=N)N)c2)cc(C(=O)Nc2cc(/C(C)=N\NC(=N)N)cc(/C(C)=N/NC(=N)N)c2)c1. The summed E-state index contributed by atoms with van der Waals surface area (Å²) in [5.74, 6) is -2.55. The molecule has 0 aliphatic heterocycles. The van der Waals surface area contributed by atoms with Gasteiger partial charge in [0.1, 0.15) is 0 Å². The van der Waals surface area contributed by atoms with E-state index in [0.29, 0.717) is 62.2 Å². The molecule has 55 heavy (non-hydrogen) atoms. The van der Waals surface area contributed by atoms with Gasteiger partial charge in [0.05, 0.1) is 22.8 Å². The highest BCUT2D eigenvalue weighted by molar-refractivity contribution is 7.99. The molecule has 0 spiro atoms. The molecule has 19 N–H and O–H groups in total. The summed E-state index contributed by atoms with van der Waals surface area (Å²) in [6.07, 6.45) is 1.79. The number of hydrazone groups is 4. The second-order valence-electron chi connectivity index (χ2n) is 11.5. The van der Waals surface area contributed by atoms with E-state index in [4.69, 9.17) is 44.6 Å². The molecule has 0 bridgehead atoms. The first-order valence-electron chi connectivity index (χ1n) is 15.9. The van der Waals surface area contributed by atoms with Gasteiger partial charge in [0.15, 0.2) is 0 Å². The van der Waals surface area contributed by atoms with Crippen molar-refractivity contribution in [2.24, 2.45) is 43.3 Å². The zero-order chi connectivity index (χ0) is 40.8. The third-order valence-electron chi connectivity index (χ3n) is 7.11. The number of amides is 2. The van der Waals surface area contributed by atoms with Crippen LogP contribution < -0.4 is 60.0 Å². The molecule has 0 unspecified atom stereocenters. The lowest BCUT2D eigenvalue weighted by molar-refractivity contribution is 0.102. The zero-order valence-electron chi connectivity index (χ0n) is 30.5. The average molecular weight is 770 g/mol. The van der Waals surface area contributed by atoms with Crippen molar-refractivity contribution in [3.8, 4) is 0 Å². The van der Waals surface area contributed by atoms with Crippen LogP contribution >= 0.6 is 11.9 Å². The summed E-state index contributed by atoms with van der Waals surface area (Å²) >= 11 is 1.26. The quantitative estimate of drug-likeness (QED) is 0.0482. The van der Waals surface area contributed by atoms with Crippen LogP contribution in [0.3, 0.4) is 0 Å². The fourth-order valence-corrected chi connectivity index (χ4v) is 4.90. The molecule has 0 radical (unpaired) electrons. The molecule has 0 aromatic heterocycles. The van der Waals surface area contributed by atoms with Crippen LogP contribution in [-0.2, 0) is 0 Å². The summed E-state index contributed by atoms with van der Waals surface area (Å²) in [7, 11) is 0. The number of guanidine groups is 4. The Kier molecular flexibility index (Phi) is 14.8. The highest BCUT2D eigenvalue weighted by Crippen LogP contribution is 2.23. The molecule has 0 saturated carbocycles. The van der Waals surface area contributed by atoms with Gasteiger partial charge in [0.2, 0.25) is 23.8 Å². The van der Waals surface area contributed by atoms with Gasteiger partial charge in [-0.2, -0.15) is 20.4 Å². The van der Waals surface area contributed by atoms with Crippen molar-refractivity contribution >= 4 is 87.5 Å². The predicted molar refractivity (Wildman–Crippen MR) is 221 cm³/mol. The summed E-state index contributed by atoms with van der Waals surface area (Å²) in [6, 6.07) is 14.7. The molecule has 2 amide bonds. The highest BCUT2D eigenvalue weighted by atomic mass is 32.2. The first-order chi connectivity index (χ1) is 25.9. The maximum absolute atomic E-state index is 13.8. The van der Waals surface area contributed by atoms with Crippen molar-refractivity contribution in [1.82, 2.24) is 21.7 Å². The Hall–Kier alpha value is -7.49. The van der Waals surface area contributed by atoms with E-state index in [2.05, 4.69) is 57.5 Å². The lowest BCUT2D eigenvalue weighted by atomic mass is 10.0. The monoisotopic (exact) mass is 769 g/mol. The topological polar surface area (TPSA) is 367 Å². The largest absolute Gasteiger partial charge is 0.369 e. The van der Waals surface area contributed by atoms with Crippen LogP contribution in [0, 0.1) is 21.6 Å². The predicted octanol–water partition coefficient (Wildman–Crippen LogP) is 1.71. The smallest absolute Gasteiger partial charge is 0.255 e. The summed E-state index contributed by atoms with van der Waals surface area (Å²) in [6.45, 7) is 6.71. The average Bonchev–Trinajstić information content (AvgIpc) is 3.13. The fourth-order valence-electron chi connectivity index (χ4n) is 4.54.